The SMILES string of the molecule is CCCNCC(C)NCCc1cccc(F)c1. The molecule has 0 amide bonds. The van der Waals surface area contributed by atoms with Gasteiger partial charge in [0, 0.05) is 12.6 Å². The second kappa shape index (κ2) is 8.20. The lowest BCUT2D eigenvalue weighted by atomic mass is 10.1. The monoisotopic (exact) mass is 238 g/mol. The minimum atomic E-state index is -0.153. The minimum Gasteiger partial charge on any atom is -0.315 e. The second-order valence-electron chi connectivity index (χ2n) is 4.44. The topological polar surface area (TPSA) is 24.1 Å². The fourth-order valence-corrected chi connectivity index (χ4v) is 1.72. The van der Waals surface area contributed by atoms with E-state index in [0.717, 1.165) is 38.0 Å². The minimum absolute atomic E-state index is 0.153. The van der Waals surface area contributed by atoms with Gasteiger partial charge in [0.15, 0.2) is 0 Å². The summed E-state index contributed by atoms with van der Waals surface area (Å²) in [7, 11) is 0. The molecule has 2 nitrogen and oxygen atoms in total. The third-order valence-electron chi connectivity index (χ3n) is 2.67. The van der Waals surface area contributed by atoms with E-state index in [1.807, 2.05) is 6.07 Å². The van der Waals surface area contributed by atoms with Crippen LogP contribution in [0.25, 0.3) is 0 Å². The Balaban J connectivity index is 2.14. The maximum absolute atomic E-state index is 12.9. The molecule has 0 heterocycles. The van der Waals surface area contributed by atoms with Crippen LogP contribution in [0.5, 0.6) is 0 Å². The van der Waals surface area contributed by atoms with Crippen LogP contribution in [0.4, 0.5) is 4.39 Å². The number of hydrogen-bond acceptors (Lipinski definition) is 2. The van der Waals surface area contributed by atoms with Crippen molar-refractivity contribution >= 4 is 0 Å². The van der Waals surface area contributed by atoms with Gasteiger partial charge in [0.1, 0.15) is 5.82 Å². The molecule has 0 saturated heterocycles. The van der Waals surface area contributed by atoms with Gasteiger partial charge in [0.25, 0.3) is 0 Å². The molecule has 1 atom stereocenters. The largest absolute Gasteiger partial charge is 0.315 e. The molecule has 0 bridgehead atoms. The van der Waals surface area contributed by atoms with Crippen molar-refractivity contribution in [3.05, 3.63) is 35.6 Å². The number of benzene rings is 1. The molecule has 0 spiro atoms. The predicted molar refractivity (Wildman–Crippen MR) is 70.7 cm³/mol. The van der Waals surface area contributed by atoms with Crippen molar-refractivity contribution in [2.75, 3.05) is 19.6 Å². The lowest BCUT2D eigenvalue weighted by molar-refractivity contribution is 0.504. The maximum atomic E-state index is 12.9. The van der Waals surface area contributed by atoms with Crippen LogP contribution in [0.15, 0.2) is 24.3 Å². The van der Waals surface area contributed by atoms with Crippen molar-refractivity contribution in [1.82, 2.24) is 10.6 Å². The van der Waals surface area contributed by atoms with Gasteiger partial charge in [0.05, 0.1) is 0 Å². The van der Waals surface area contributed by atoms with Crippen LogP contribution in [0.1, 0.15) is 25.8 Å². The summed E-state index contributed by atoms with van der Waals surface area (Å²) < 4.78 is 12.9. The zero-order valence-corrected chi connectivity index (χ0v) is 10.8. The third kappa shape index (κ3) is 6.39. The van der Waals surface area contributed by atoms with Gasteiger partial charge >= 0.3 is 0 Å². The van der Waals surface area contributed by atoms with E-state index in [4.69, 9.17) is 0 Å². The molecular formula is C14H23FN2. The zero-order valence-electron chi connectivity index (χ0n) is 10.8. The molecular weight excluding hydrogens is 215 g/mol. The number of rotatable bonds is 8. The fraction of sp³-hybridized carbons (Fsp3) is 0.571. The van der Waals surface area contributed by atoms with E-state index >= 15 is 0 Å². The highest BCUT2D eigenvalue weighted by molar-refractivity contribution is 5.16. The van der Waals surface area contributed by atoms with Crippen LogP contribution in [0.3, 0.4) is 0 Å². The molecule has 0 aromatic heterocycles. The summed E-state index contributed by atoms with van der Waals surface area (Å²) in [4.78, 5) is 0. The number of nitrogens with one attached hydrogen (secondary N) is 2. The molecule has 0 saturated carbocycles. The van der Waals surface area contributed by atoms with Crippen LogP contribution in [0.2, 0.25) is 0 Å². The Morgan fingerprint density at radius 1 is 1.29 bits per heavy atom. The average molecular weight is 238 g/mol. The Kier molecular flexibility index (Phi) is 6.82. The Hall–Kier alpha value is -0.930. The molecule has 17 heavy (non-hydrogen) atoms. The van der Waals surface area contributed by atoms with Crippen molar-refractivity contribution in [3.8, 4) is 0 Å². The van der Waals surface area contributed by atoms with Crippen LogP contribution in [0, 0.1) is 5.82 Å². The first kappa shape index (κ1) is 14.1. The summed E-state index contributed by atoms with van der Waals surface area (Å²) in [6.45, 7) is 7.26. The van der Waals surface area contributed by atoms with E-state index in [2.05, 4.69) is 24.5 Å². The lowest BCUT2D eigenvalue weighted by Crippen LogP contribution is -2.37. The summed E-state index contributed by atoms with van der Waals surface area (Å²) >= 11 is 0. The van der Waals surface area contributed by atoms with Crippen LogP contribution < -0.4 is 10.6 Å². The molecule has 1 unspecified atom stereocenters. The Labute approximate surface area is 104 Å². The Morgan fingerprint density at radius 2 is 2.12 bits per heavy atom. The van der Waals surface area contributed by atoms with Gasteiger partial charge in [-0.05, 0) is 50.6 Å². The molecule has 2 N–H and O–H groups in total. The normalized spacial score (nSPS) is 12.6. The maximum Gasteiger partial charge on any atom is 0.123 e. The first-order chi connectivity index (χ1) is 8.22. The van der Waals surface area contributed by atoms with E-state index in [1.165, 1.54) is 6.07 Å². The molecule has 0 fully saturated rings. The van der Waals surface area contributed by atoms with Gasteiger partial charge in [-0.3, -0.25) is 0 Å². The highest BCUT2D eigenvalue weighted by Crippen LogP contribution is 2.03. The third-order valence-corrected chi connectivity index (χ3v) is 2.67. The van der Waals surface area contributed by atoms with E-state index in [9.17, 15) is 4.39 Å². The van der Waals surface area contributed by atoms with Crippen LogP contribution in [-0.2, 0) is 6.42 Å². The average Bonchev–Trinajstić information content (AvgIpc) is 2.29. The zero-order chi connectivity index (χ0) is 12.5. The molecule has 3 heteroatoms. The molecule has 1 rings (SSSR count). The van der Waals surface area contributed by atoms with Crippen LogP contribution >= 0.6 is 0 Å². The molecule has 96 valence electrons. The Morgan fingerprint density at radius 3 is 2.82 bits per heavy atom. The van der Waals surface area contributed by atoms with Gasteiger partial charge in [0.2, 0.25) is 0 Å². The van der Waals surface area contributed by atoms with Gasteiger partial charge in [-0.25, -0.2) is 4.39 Å². The highest BCUT2D eigenvalue weighted by atomic mass is 19.1. The van der Waals surface area contributed by atoms with E-state index in [-0.39, 0.29) is 5.82 Å². The Bertz CT molecular complexity index is 315. The summed E-state index contributed by atoms with van der Waals surface area (Å²) in [6.07, 6.45) is 2.03. The van der Waals surface area contributed by atoms with Crippen molar-refractivity contribution in [3.63, 3.8) is 0 Å². The van der Waals surface area contributed by atoms with Gasteiger partial charge in [-0.15, -0.1) is 0 Å². The van der Waals surface area contributed by atoms with Gasteiger partial charge in [-0.1, -0.05) is 19.1 Å². The van der Waals surface area contributed by atoms with Crippen molar-refractivity contribution < 1.29 is 4.39 Å². The standard InChI is InChI=1S/C14H23FN2/c1-3-8-16-11-12(2)17-9-7-13-5-4-6-14(15)10-13/h4-6,10,12,16-17H,3,7-9,11H2,1-2H3. The second-order valence-corrected chi connectivity index (χ2v) is 4.44. The van der Waals surface area contributed by atoms with Crippen molar-refractivity contribution in [1.29, 1.82) is 0 Å². The fourth-order valence-electron chi connectivity index (χ4n) is 1.72. The number of halogens is 1. The van der Waals surface area contributed by atoms with Gasteiger partial charge in [-0.2, -0.15) is 0 Å². The summed E-state index contributed by atoms with van der Waals surface area (Å²) in [5.74, 6) is -0.153. The first-order valence-corrected chi connectivity index (χ1v) is 6.41. The summed E-state index contributed by atoms with van der Waals surface area (Å²) in [6, 6.07) is 7.26. The smallest absolute Gasteiger partial charge is 0.123 e. The van der Waals surface area contributed by atoms with Crippen LogP contribution in [-0.4, -0.2) is 25.7 Å². The lowest BCUT2D eigenvalue weighted by Gasteiger charge is -2.14. The molecule has 1 aromatic carbocycles. The molecule has 0 aliphatic carbocycles. The summed E-state index contributed by atoms with van der Waals surface area (Å²) in [5.41, 5.74) is 1.05. The molecule has 1 aromatic rings. The van der Waals surface area contributed by atoms with Gasteiger partial charge < -0.3 is 10.6 Å². The summed E-state index contributed by atoms with van der Waals surface area (Å²) in [5, 5.41) is 6.79. The van der Waals surface area contributed by atoms with Crippen molar-refractivity contribution in [2.24, 2.45) is 0 Å². The first-order valence-electron chi connectivity index (χ1n) is 6.41. The highest BCUT2D eigenvalue weighted by Gasteiger charge is 2.00. The van der Waals surface area contributed by atoms with E-state index < -0.39 is 0 Å². The molecule has 0 aliphatic rings. The van der Waals surface area contributed by atoms with E-state index in [0.29, 0.717) is 6.04 Å². The quantitative estimate of drug-likeness (QED) is 0.679. The predicted octanol–water partition coefficient (Wildman–Crippen LogP) is 2.35. The number of hydrogen-bond donors (Lipinski definition) is 2. The molecule has 0 aliphatic heterocycles. The van der Waals surface area contributed by atoms with E-state index in [1.54, 1.807) is 12.1 Å². The van der Waals surface area contributed by atoms with Crippen molar-refractivity contribution in [2.45, 2.75) is 32.7 Å². The molecule has 0 radical (unpaired) electrons.